The molecule has 0 fully saturated rings. The van der Waals surface area contributed by atoms with E-state index in [4.69, 9.17) is 0 Å². The van der Waals surface area contributed by atoms with Gasteiger partial charge in [-0.3, -0.25) is 9.48 Å². The first-order valence-corrected chi connectivity index (χ1v) is 7.15. The van der Waals surface area contributed by atoms with Crippen molar-refractivity contribution in [1.29, 1.82) is 0 Å². The van der Waals surface area contributed by atoms with E-state index in [-0.39, 0.29) is 17.9 Å². The minimum atomic E-state index is -4.40. The summed E-state index contributed by atoms with van der Waals surface area (Å²) in [5, 5.41) is 6.79. The van der Waals surface area contributed by atoms with E-state index in [1.807, 2.05) is 0 Å². The first-order valence-electron chi connectivity index (χ1n) is 7.15. The number of nitrogens with one attached hydrogen (secondary N) is 1. The Kier molecular flexibility index (Phi) is 4.77. The molecule has 0 aliphatic rings. The molecule has 0 spiro atoms. The largest absolute Gasteiger partial charge is 0.416 e. The number of hydrogen-bond donors (Lipinski definition) is 1. The fraction of sp³-hybridized carbons (Fsp3) is 0.375. The van der Waals surface area contributed by atoms with E-state index in [1.54, 1.807) is 33.0 Å². The number of halogens is 3. The summed E-state index contributed by atoms with van der Waals surface area (Å²) in [6, 6.07) is 6.58. The van der Waals surface area contributed by atoms with E-state index < -0.39 is 17.8 Å². The van der Waals surface area contributed by atoms with Gasteiger partial charge in [-0.15, -0.1) is 0 Å². The maximum atomic E-state index is 13.0. The lowest BCUT2D eigenvalue weighted by Crippen LogP contribution is -2.35. The van der Waals surface area contributed by atoms with Gasteiger partial charge in [0.05, 0.1) is 11.3 Å². The van der Waals surface area contributed by atoms with Gasteiger partial charge in [-0.05, 0) is 38.0 Å². The molecule has 23 heavy (non-hydrogen) atoms. The second kappa shape index (κ2) is 6.44. The zero-order valence-electron chi connectivity index (χ0n) is 13.1. The highest BCUT2D eigenvalue weighted by Crippen LogP contribution is 2.32. The Hall–Kier alpha value is -2.31. The maximum absolute atomic E-state index is 13.0. The zero-order chi connectivity index (χ0) is 17.2. The third-order valence-electron chi connectivity index (χ3n) is 3.46. The van der Waals surface area contributed by atoms with Gasteiger partial charge in [0.1, 0.15) is 5.69 Å². The van der Waals surface area contributed by atoms with Gasteiger partial charge < -0.3 is 5.32 Å². The van der Waals surface area contributed by atoms with Crippen LogP contribution in [0.4, 0.5) is 13.2 Å². The van der Waals surface area contributed by atoms with E-state index in [9.17, 15) is 18.0 Å². The molecule has 0 bridgehead atoms. The predicted octanol–water partition coefficient (Wildman–Crippen LogP) is 3.11. The average molecular weight is 325 g/mol. The van der Waals surface area contributed by atoms with Crippen LogP contribution in [0.2, 0.25) is 0 Å². The molecule has 1 heterocycles. The van der Waals surface area contributed by atoms with Crippen molar-refractivity contribution in [3.8, 4) is 0 Å². The van der Waals surface area contributed by atoms with Crippen LogP contribution < -0.4 is 5.32 Å². The summed E-state index contributed by atoms with van der Waals surface area (Å²) in [7, 11) is 1.64. The number of carbonyl (C=O) groups excluding carboxylic acids is 1. The molecule has 0 aliphatic heterocycles. The average Bonchev–Trinajstić information content (AvgIpc) is 2.77. The number of benzene rings is 1. The first kappa shape index (κ1) is 17.1. The number of alkyl halides is 3. The van der Waals surface area contributed by atoms with Crippen LogP contribution in [-0.4, -0.2) is 21.7 Å². The van der Waals surface area contributed by atoms with Crippen molar-refractivity contribution in [3.05, 3.63) is 52.8 Å². The van der Waals surface area contributed by atoms with E-state index in [0.717, 1.165) is 6.07 Å². The van der Waals surface area contributed by atoms with Crippen molar-refractivity contribution in [1.82, 2.24) is 15.1 Å². The molecule has 1 amide bonds. The normalized spacial score (nSPS) is 13.0. The first-order chi connectivity index (χ1) is 10.7. The number of aryl methyl sites for hydroxylation is 2. The summed E-state index contributed by atoms with van der Waals surface area (Å²) < 4.78 is 40.4. The molecule has 1 atom stereocenters. The molecule has 1 aromatic carbocycles. The van der Waals surface area contributed by atoms with E-state index >= 15 is 0 Å². The highest BCUT2D eigenvalue weighted by molar-refractivity contribution is 5.92. The van der Waals surface area contributed by atoms with Gasteiger partial charge in [-0.2, -0.15) is 18.3 Å². The number of aromatic nitrogens is 2. The summed E-state index contributed by atoms with van der Waals surface area (Å²) in [4.78, 5) is 12.2. The summed E-state index contributed by atoms with van der Waals surface area (Å²) in [6.45, 7) is 3.44. The summed E-state index contributed by atoms with van der Waals surface area (Å²) >= 11 is 0. The standard InChI is InChI=1S/C16H18F3N3O/c1-10(20-15(23)14-9-11(2)21-22(14)3)8-12-6-4-5-7-13(12)16(17,18)19/h4-7,9-10H,8H2,1-3H3,(H,20,23). The molecule has 1 N–H and O–H groups in total. The SMILES string of the molecule is Cc1cc(C(=O)NC(C)Cc2ccccc2C(F)(F)F)n(C)n1. The van der Waals surface area contributed by atoms with Crippen LogP contribution in [0.25, 0.3) is 0 Å². The van der Waals surface area contributed by atoms with Gasteiger partial charge in [0, 0.05) is 13.1 Å². The number of amides is 1. The predicted molar refractivity (Wildman–Crippen MR) is 80.0 cm³/mol. The van der Waals surface area contributed by atoms with Crippen molar-refractivity contribution in [3.63, 3.8) is 0 Å². The Morgan fingerprint density at radius 3 is 2.57 bits per heavy atom. The molecule has 2 aromatic rings. The van der Waals surface area contributed by atoms with Crippen LogP contribution in [0.15, 0.2) is 30.3 Å². The highest BCUT2D eigenvalue weighted by Gasteiger charge is 2.33. The van der Waals surface area contributed by atoms with E-state index in [2.05, 4.69) is 10.4 Å². The minimum Gasteiger partial charge on any atom is -0.348 e. The number of rotatable bonds is 4. The second-order valence-electron chi connectivity index (χ2n) is 5.53. The Morgan fingerprint density at radius 1 is 1.35 bits per heavy atom. The molecule has 1 unspecified atom stereocenters. The Labute approximate surface area is 132 Å². The van der Waals surface area contributed by atoms with Crippen LogP contribution in [0.5, 0.6) is 0 Å². The fourth-order valence-corrected chi connectivity index (χ4v) is 2.48. The van der Waals surface area contributed by atoms with Crippen molar-refractivity contribution in [2.45, 2.75) is 32.5 Å². The third kappa shape index (κ3) is 4.12. The Bertz CT molecular complexity index is 707. The lowest BCUT2D eigenvalue weighted by Gasteiger charge is -2.17. The molecule has 4 nitrogen and oxygen atoms in total. The van der Waals surface area contributed by atoms with Crippen LogP contribution >= 0.6 is 0 Å². The summed E-state index contributed by atoms with van der Waals surface area (Å²) in [6.07, 6.45) is -4.31. The topological polar surface area (TPSA) is 46.9 Å². The van der Waals surface area contributed by atoms with Crippen LogP contribution in [0.3, 0.4) is 0 Å². The smallest absolute Gasteiger partial charge is 0.348 e. The van der Waals surface area contributed by atoms with Gasteiger partial charge in [-0.1, -0.05) is 18.2 Å². The van der Waals surface area contributed by atoms with Crippen LogP contribution in [-0.2, 0) is 19.6 Å². The minimum absolute atomic E-state index is 0.0955. The van der Waals surface area contributed by atoms with E-state index in [1.165, 1.54) is 16.8 Å². The maximum Gasteiger partial charge on any atom is 0.416 e. The van der Waals surface area contributed by atoms with Crippen LogP contribution in [0.1, 0.15) is 34.2 Å². The monoisotopic (exact) mass is 325 g/mol. The molecule has 0 saturated carbocycles. The highest BCUT2D eigenvalue weighted by atomic mass is 19.4. The molecular weight excluding hydrogens is 307 g/mol. The van der Waals surface area contributed by atoms with Crippen molar-refractivity contribution < 1.29 is 18.0 Å². The Balaban J connectivity index is 2.10. The number of carbonyl (C=O) groups is 1. The van der Waals surface area contributed by atoms with Gasteiger partial charge >= 0.3 is 6.18 Å². The van der Waals surface area contributed by atoms with Gasteiger partial charge in [-0.25, -0.2) is 0 Å². The van der Waals surface area contributed by atoms with Crippen molar-refractivity contribution >= 4 is 5.91 Å². The molecule has 124 valence electrons. The summed E-state index contributed by atoms with van der Waals surface area (Å²) in [5.74, 6) is -0.356. The third-order valence-corrected chi connectivity index (χ3v) is 3.46. The molecule has 0 radical (unpaired) electrons. The molecular formula is C16H18F3N3O. The van der Waals surface area contributed by atoms with Gasteiger partial charge in [0.15, 0.2) is 0 Å². The lowest BCUT2D eigenvalue weighted by atomic mass is 10.0. The van der Waals surface area contributed by atoms with Gasteiger partial charge in [0.25, 0.3) is 5.91 Å². The summed E-state index contributed by atoms with van der Waals surface area (Å²) in [5.41, 5.74) is 0.567. The molecule has 0 saturated heterocycles. The van der Waals surface area contributed by atoms with E-state index in [0.29, 0.717) is 11.4 Å². The molecule has 2 rings (SSSR count). The molecule has 1 aromatic heterocycles. The fourth-order valence-electron chi connectivity index (χ4n) is 2.48. The number of nitrogens with zero attached hydrogens (tertiary/aromatic N) is 2. The van der Waals surface area contributed by atoms with Gasteiger partial charge in [0.2, 0.25) is 0 Å². The second-order valence-corrected chi connectivity index (χ2v) is 5.53. The molecule has 7 heteroatoms. The number of hydrogen-bond acceptors (Lipinski definition) is 2. The van der Waals surface area contributed by atoms with Crippen molar-refractivity contribution in [2.24, 2.45) is 7.05 Å². The quantitative estimate of drug-likeness (QED) is 0.939. The zero-order valence-corrected chi connectivity index (χ0v) is 13.1. The van der Waals surface area contributed by atoms with Crippen molar-refractivity contribution in [2.75, 3.05) is 0 Å². The lowest BCUT2D eigenvalue weighted by molar-refractivity contribution is -0.138. The van der Waals surface area contributed by atoms with Crippen LogP contribution in [0, 0.1) is 6.92 Å². The Morgan fingerprint density at radius 2 is 2.00 bits per heavy atom. The molecule has 0 aliphatic carbocycles.